The highest BCUT2D eigenvalue weighted by atomic mass is 35.5. The molecule has 0 bridgehead atoms. The Hall–Kier alpha value is -1.20. The summed E-state index contributed by atoms with van der Waals surface area (Å²) in [6, 6.07) is 7.24. The van der Waals surface area contributed by atoms with Crippen molar-refractivity contribution >= 4 is 11.6 Å². The lowest BCUT2D eigenvalue weighted by Crippen LogP contribution is -1.98. The van der Waals surface area contributed by atoms with Crippen LogP contribution in [0.3, 0.4) is 0 Å². The third kappa shape index (κ3) is 4.71. The van der Waals surface area contributed by atoms with Gasteiger partial charge in [-0.25, -0.2) is 4.39 Å². The van der Waals surface area contributed by atoms with Gasteiger partial charge in [-0.05, 0) is 24.3 Å². The highest BCUT2D eigenvalue weighted by Crippen LogP contribution is 2.11. The summed E-state index contributed by atoms with van der Waals surface area (Å²) in [5.41, 5.74) is 0.910. The Morgan fingerprint density at radius 3 is 2.60 bits per heavy atom. The topological polar surface area (TPSA) is 9.23 Å². The first-order valence-electron chi connectivity index (χ1n) is 4.70. The van der Waals surface area contributed by atoms with Crippen LogP contribution < -0.4 is 4.74 Å². The van der Waals surface area contributed by atoms with Gasteiger partial charge in [-0.2, -0.15) is 0 Å². The minimum Gasteiger partial charge on any atom is -0.491 e. The van der Waals surface area contributed by atoms with Gasteiger partial charge in [0.05, 0.1) is 0 Å². The summed E-state index contributed by atoms with van der Waals surface area (Å²) in [6.07, 6.45) is 0.682. The second kappa shape index (κ2) is 7.14. The van der Waals surface area contributed by atoms with E-state index in [1.54, 1.807) is 12.1 Å². The highest BCUT2D eigenvalue weighted by Gasteiger charge is 1.92. The van der Waals surface area contributed by atoms with Crippen molar-refractivity contribution < 1.29 is 9.13 Å². The fourth-order valence-corrected chi connectivity index (χ4v) is 1.10. The summed E-state index contributed by atoms with van der Waals surface area (Å²) >= 11 is 5.49. The maximum absolute atomic E-state index is 11.8. The summed E-state index contributed by atoms with van der Waals surface area (Å²) in [6.45, 7) is -0.380. The molecule has 0 saturated heterocycles. The molecule has 1 rings (SSSR count). The molecule has 1 aromatic carbocycles. The molecule has 1 nitrogen and oxygen atoms in total. The van der Waals surface area contributed by atoms with Crippen LogP contribution in [0.1, 0.15) is 12.0 Å². The molecule has 0 aromatic heterocycles. The van der Waals surface area contributed by atoms with Gasteiger partial charge in [0.1, 0.15) is 19.0 Å². The second-order valence-electron chi connectivity index (χ2n) is 2.80. The van der Waals surface area contributed by atoms with E-state index in [4.69, 9.17) is 16.3 Å². The van der Waals surface area contributed by atoms with Gasteiger partial charge < -0.3 is 4.74 Å². The lowest BCUT2D eigenvalue weighted by atomic mass is 10.2. The van der Waals surface area contributed by atoms with Crippen molar-refractivity contribution in [2.24, 2.45) is 0 Å². The molecule has 0 aliphatic rings. The summed E-state index contributed by atoms with van der Waals surface area (Å²) < 4.78 is 16.9. The van der Waals surface area contributed by atoms with Crippen molar-refractivity contribution in [1.29, 1.82) is 0 Å². The molecule has 0 N–H and O–H groups in total. The molecule has 80 valence electrons. The Kier molecular flexibility index (Phi) is 5.65. The normalized spacial score (nSPS) is 9.20. The molecule has 0 aliphatic carbocycles. The van der Waals surface area contributed by atoms with Gasteiger partial charge in [-0.15, -0.1) is 11.6 Å². The van der Waals surface area contributed by atoms with E-state index in [0.29, 0.717) is 18.1 Å². The number of hydrogen-bond donors (Lipinski definition) is 0. The van der Waals surface area contributed by atoms with Gasteiger partial charge in [0.25, 0.3) is 0 Å². The van der Waals surface area contributed by atoms with Gasteiger partial charge in [-0.3, -0.25) is 0 Å². The van der Waals surface area contributed by atoms with Gasteiger partial charge in [0.2, 0.25) is 0 Å². The number of rotatable bonds is 4. The zero-order chi connectivity index (χ0) is 10.9. The molecular weight excluding hydrogens is 215 g/mol. The van der Waals surface area contributed by atoms with Crippen molar-refractivity contribution in [3.05, 3.63) is 29.8 Å². The Labute approximate surface area is 94.2 Å². The standard InChI is InChI=1S/C12H12ClFO/c13-8-2-1-3-11-4-6-12(7-5-11)15-10-9-14/h4-7H,2,8-10H2. The van der Waals surface area contributed by atoms with Crippen LogP contribution in [0.5, 0.6) is 5.75 Å². The molecule has 1 aromatic rings. The zero-order valence-corrected chi connectivity index (χ0v) is 9.06. The molecule has 0 atom stereocenters. The average molecular weight is 227 g/mol. The largest absolute Gasteiger partial charge is 0.491 e. The van der Waals surface area contributed by atoms with Crippen molar-refractivity contribution in [3.63, 3.8) is 0 Å². The molecule has 0 aliphatic heterocycles. The third-order valence-electron chi connectivity index (χ3n) is 1.65. The van der Waals surface area contributed by atoms with Crippen molar-refractivity contribution in [2.45, 2.75) is 6.42 Å². The first kappa shape index (κ1) is 11.9. The van der Waals surface area contributed by atoms with Crippen LogP contribution in [0.25, 0.3) is 0 Å². The maximum Gasteiger partial charge on any atom is 0.123 e. The van der Waals surface area contributed by atoms with E-state index >= 15 is 0 Å². The molecular formula is C12H12ClFO. The van der Waals surface area contributed by atoms with Gasteiger partial charge >= 0.3 is 0 Å². The van der Waals surface area contributed by atoms with E-state index in [1.165, 1.54) is 0 Å². The van der Waals surface area contributed by atoms with Crippen molar-refractivity contribution in [1.82, 2.24) is 0 Å². The summed E-state index contributed by atoms with van der Waals surface area (Å²) in [5.74, 6) is 7.10. The Bertz CT molecular complexity index is 337. The first-order chi connectivity index (χ1) is 7.36. The Balaban J connectivity index is 2.53. The molecule has 0 fully saturated rings. The molecule has 0 heterocycles. The summed E-state index contributed by atoms with van der Waals surface area (Å²) in [7, 11) is 0. The van der Waals surface area contributed by atoms with Crippen LogP contribution in [0.4, 0.5) is 4.39 Å². The zero-order valence-electron chi connectivity index (χ0n) is 8.30. The number of halogens is 2. The first-order valence-corrected chi connectivity index (χ1v) is 5.24. The number of hydrogen-bond acceptors (Lipinski definition) is 1. The van der Waals surface area contributed by atoms with Crippen LogP contribution >= 0.6 is 11.6 Å². The lowest BCUT2D eigenvalue weighted by Gasteiger charge is -2.02. The van der Waals surface area contributed by atoms with Crippen LogP contribution in [0, 0.1) is 11.8 Å². The van der Waals surface area contributed by atoms with E-state index in [-0.39, 0.29) is 6.61 Å². The van der Waals surface area contributed by atoms with E-state index in [9.17, 15) is 4.39 Å². The SMILES string of the molecule is FCCOc1ccc(C#CCCCl)cc1. The van der Waals surface area contributed by atoms with E-state index < -0.39 is 6.67 Å². The number of alkyl halides is 2. The summed E-state index contributed by atoms with van der Waals surface area (Å²) in [5, 5.41) is 0. The average Bonchev–Trinajstić information content (AvgIpc) is 2.28. The molecule has 15 heavy (non-hydrogen) atoms. The van der Waals surface area contributed by atoms with Gasteiger partial charge in [0, 0.05) is 17.9 Å². The fraction of sp³-hybridized carbons (Fsp3) is 0.333. The molecule has 3 heteroatoms. The van der Waals surface area contributed by atoms with E-state index in [2.05, 4.69) is 11.8 Å². The van der Waals surface area contributed by atoms with Gasteiger partial charge in [-0.1, -0.05) is 11.8 Å². The van der Waals surface area contributed by atoms with Crippen LogP contribution in [0.15, 0.2) is 24.3 Å². The van der Waals surface area contributed by atoms with Crippen LogP contribution in [-0.2, 0) is 0 Å². The molecule has 0 radical (unpaired) electrons. The van der Waals surface area contributed by atoms with Crippen LogP contribution in [0.2, 0.25) is 0 Å². The predicted molar refractivity (Wildman–Crippen MR) is 60.1 cm³/mol. The van der Waals surface area contributed by atoms with Crippen molar-refractivity contribution in [2.75, 3.05) is 19.2 Å². The van der Waals surface area contributed by atoms with Gasteiger partial charge in [0.15, 0.2) is 0 Å². The molecule has 0 saturated carbocycles. The molecule has 0 spiro atoms. The fourth-order valence-electron chi connectivity index (χ4n) is 1.00. The highest BCUT2D eigenvalue weighted by molar-refractivity contribution is 6.18. The van der Waals surface area contributed by atoms with E-state index in [0.717, 1.165) is 5.56 Å². The maximum atomic E-state index is 11.8. The lowest BCUT2D eigenvalue weighted by molar-refractivity contribution is 0.273. The van der Waals surface area contributed by atoms with Crippen molar-refractivity contribution in [3.8, 4) is 17.6 Å². The predicted octanol–water partition coefficient (Wildman–Crippen LogP) is 3.02. The second-order valence-corrected chi connectivity index (χ2v) is 3.18. The number of benzene rings is 1. The third-order valence-corrected chi connectivity index (χ3v) is 1.84. The molecule has 0 unspecified atom stereocenters. The summed E-state index contributed by atoms with van der Waals surface area (Å²) in [4.78, 5) is 0. The quantitative estimate of drug-likeness (QED) is 0.567. The molecule has 0 amide bonds. The smallest absolute Gasteiger partial charge is 0.123 e. The minimum absolute atomic E-state index is 0.0945. The minimum atomic E-state index is -0.475. The number of ether oxygens (including phenoxy) is 1. The Morgan fingerprint density at radius 2 is 2.00 bits per heavy atom. The van der Waals surface area contributed by atoms with E-state index in [1.807, 2.05) is 12.1 Å². The monoisotopic (exact) mass is 226 g/mol. The Morgan fingerprint density at radius 1 is 1.27 bits per heavy atom. The van der Waals surface area contributed by atoms with Crippen LogP contribution in [-0.4, -0.2) is 19.2 Å².